The first-order chi connectivity index (χ1) is 14.2. The van der Waals surface area contributed by atoms with Gasteiger partial charge in [-0.2, -0.15) is 8.75 Å². The summed E-state index contributed by atoms with van der Waals surface area (Å²) in [7, 11) is 0. The summed E-state index contributed by atoms with van der Waals surface area (Å²) in [5, 5.41) is 2.95. The summed E-state index contributed by atoms with van der Waals surface area (Å²) in [6, 6.07) is 15.0. The first-order valence-corrected chi connectivity index (χ1v) is 10.1. The normalized spacial score (nSPS) is 11.0. The van der Waals surface area contributed by atoms with Crippen LogP contribution in [-0.2, 0) is 19.7 Å². The van der Waals surface area contributed by atoms with E-state index in [2.05, 4.69) is 30.5 Å². The molecule has 0 aliphatic rings. The molecule has 0 atom stereocenters. The molecule has 2 aromatic heterocycles. The van der Waals surface area contributed by atoms with Crippen molar-refractivity contribution >= 4 is 28.7 Å². The second kappa shape index (κ2) is 8.40. The average molecular weight is 407 g/mol. The Bertz CT molecular complexity index is 1130. The molecule has 0 fully saturated rings. The molecule has 0 radical (unpaired) electrons. The maximum atomic E-state index is 12.5. The highest BCUT2D eigenvalue weighted by molar-refractivity contribution is 6.99. The standard InChI is InChI=1S/C21H21N5O2S/c1-3-26-19-7-5-4-6-17(19)23-20(26)12-22-21(27)15-8-10-16(11-9-15)28-13-18-14(2)24-29-25-18/h4-11H,3,12-13H2,1-2H3,(H,22,27). The summed E-state index contributed by atoms with van der Waals surface area (Å²) in [6.07, 6.45) is 0. The minimum Gasteiger partial charge on any atom is -0.487 e. The number of aromatic nitrogens is 4. The van der Waals surface area contributed by atoms with Crippen molar-refractivity contribution in [2.75, 3.05) is 0 Å². The Hall–Kier alpha value is -3.26. The van der Waals surface area contributed by atoms with Crippen LogP contribution in [-0.4, -0.2) is 24.2 Å². The van der Waals surface area contributed by atoms with Crippen molar-refractivity contribution in [3.05, 3.63) is 71.3 Å². The molecule has 0 aliphatic heterocycles. The number of hydrogen-bond donors (Lipinski definition) is 1. The van der Waals surface area contributed by atoms with Gasteiger partial charge in [0.15, 0.2) is 0 Å². The van der Waals surface area contributed by atoms with Crippen molar-refractivity contribution in [1.82, 2.24) is 23.6 Å². The highest BCUT2D eigenvalue weighted by Gasteiger charge is 2.12. The molecule has 1 N–H and O–H groups in total. The van der Waals surface area contributed by atoms with E-state index >= 15 is 0 Å². The van der Waals surface area contributed by atoms with Crippen molar-refractivity contribution in [3.8, 4) is 5.75 Å². The number of nitrogens with one attached hydrogen (secondary N) is 1. The van der Waals surface area contributed by atoms with Crippen molar-refractivity contribution < 1.29 is 9.53 Å². The van der Waals surface area contributed by atoms with E-state index < -0.39 is 0 Å². The van der Waals surface area contributed by atoms with Crippen molar-refractivity contribution in [2.24, 2.45) is 0 Å². The lowest BCUT2D eigenvalue weighted by molar-refractivity contribution is 0.0949. The molecule has 7 nitrogen and oxygen atoms in total. The van der Waals surface area contributed by atoms with E-state index in [-0.39, 0.29) is 5.91 Å². The van der Waals surface area contributed by atoms with E-state index in [9.17, 15) is 4.79 Å². The van der Waals surface area contributed by atoms with Crippen LogP contribution < -0.4 is 10.1 Å². The van der Waals surface area contributed by atoms with Crippen LogP contribution in [0, 0.1) is 6.92 Å². The number of amides is 1. The second-order valence-corrected chi connectivity index (χ2v) is 7.08. The molecule has 148 valence electrons. The Balaban J connectivity index is 1.38. The summed E-state index contributed by atoms with van der Waals surface area (Å²) in [5.74, 6) is 1.38. The maximum Gasteiger partial charge on any atom is 0.251 e. The first kappa shape index (κ1) is 19.1. The minimum atomic E-state index is -0.147. The smallest absolute Gasteiger partial charge is 0.251 e. The van der Waals surface area contributed by atoms with Crippen LogP contribution in [0.5, 0.6) is 5.75 Å². The van der Waals surface area contributed by atoms with Crippen LogP contribution in [0.4, 0.5) is 0 Å². The number of aryl methyl sites for hydroxylation is 2. The van der Waals surface area contributed by atoms with E-state index in [4.69, 9.17) is 4.74 Å². The number of carbonyl (C=O) groups is 1. The van der Waals surface area contributed by atoms with Gasteiger partial charge in [-0.25, -0.2) is 4.98 Å². The molecule has 1 amide bonds. The molecule has 2 heterocycles. The second-order valence-electron chi connectivity index (χ2n) is 6.55. The van der Waals surface area contributed by atoms with Crippen molar-refractivity contribution in [3.63, 3.8) is 0 Å². The fourth-order valence-electron chi connectivity index (χ4n) is 3.11. The van der Waals surface area contributed by atoms with Gasteiger partial charge in [0.1, 0.15) is 23.9 Å². The quantitative estimate of drug-likeness (QED) is 0.505. The number of imidazole rings is 1. The van der Waals surface area contributed by atoms with Gasteiger partial charge in [-0.05, 0) is 50.2 Å². The zero-order valence-electron chi connectivity index (χ0n) is 16.3. The number of fused-ring (bicyclic) bond motifs is 1. The van der Waals surface area contributed by atoms with Crippen molar-refractivity contribution in [1.29, 1.82) is 0 Å². The van der Waals surface area contributed by atoms with E-state index in [0.29, 0.717) is 24.5 Å². The third-order valence-electron chi connectivity index (χ3n) is 4.70. The van der Waals surface area contributed by atoms with Crippen LogP contribution in [0.2, 0.25) is 0 Å². The largest absolute Gasteiger partial charge is 0.487 e. The molecule has 0 saturated carbocycles. The van der Waals surface area contributed by atoms with E-state index in [1.165, 1.54) is 11.7 Å². The summed E-state index contributed by atoms with van der Waals surface area (Å²) >= 11 is 1.18. The predicted molar refractivity (Wildman–Crippen MR) is 112 cm³/mol. The molecule has 0 spiro atoms. The van der Waals surface area contributed by atoms with Gasteiger partial charge in [0.25, 0.3) is 5.91 Å². The average Bonchev–Trinajstić information content (AvgIpc) is 3.33. The third-order valence-corrected chi connectivity index (χ3v) is 5.35. The van der Waals surface area contributed by atoms with Gasteiger partial charge in [0, 0.05) is 12.1 Å². The lowest BCUT2D eigenvalue weighted by Gasteiger charge is -2.09. The Morgan fingerprint density at radius 3 is 2.66 bits per heavy atom. The van der Waals surface area contributed by atoms with E-state index in [1.54, 1.807) is 24.3 Å². The molecule has 0 saturated heterocycles. The molecule has 0 unspecified atom stereocenters. The molecule has 4 aromatic rings. The number of rotatable bonds is 7. The number of ether oxygens (including phenoxy) is 1. The highest BCUT2D eigenvalue weighted by Crippen LogP contribution is 2.17. The summed E-state index contributed by atoms with van der Waals surface area (Å²) in [5.41, 5.74) is 4.29. The van der Waals surface area contributed by atoms with Crippen LogP contribution in [0.1, 0.15) is 34.5 Å². The fourth-order valence-corrected chi connectivity index (χ4v) is 3.66. The lowest BCUT2D eigenvalue weighted by Crippen LogP contribution is -2.24. The minimum absolute atomic E-state index is 0.147. The lowest BCUT2D eigenvalue weighted by atomic mass is 10.2. The van der Waals surface area contributed by atoms with Gasteiger partial charge < -0.3 is 14.6 Å². The summed E-state index contributed by atoms with van der Waals surface area (Å²) in [4.78, 5) is 17.2. The Morgan fingerprint density at radius 1 is 1.14 bits per heavy atom. The molecule has 8 heteroatoms. The van der Waals surface area contributed by atoms with Gasteiger partial charge in [-0.1, -0.05) is 12.1 Å². The van der Waals surface area contributed by atoms with Crippen molar-refractivity contribution in [2.45, 2.75) is 33.5 Å². The molecular weight excluding hydrogens is 386 g/mol. The summed E-state index contributed by atoms with van der Waals surface area (Å²) in [6.45, 7) is 5.51. The zero-order chi connectivity index (χ0) is 20.2. The SMILES string of the molecule is CCn1c(CNC(=O)c2ccc(OCc3nsnc3C)cc2)nc2ccccc21. The Kier molecular flexibility index (Phi) is 5.53. The molecule has 29 heavy (non-hydrogen) atoms. The van der Waals surface area contributed by atoms with Crippen LogP contribution in [0.25, 0.3) is 11.0 Å². The van der Waals surface area contributed by atoms with Gasteiger partial charge in [-0.3, -0.25) is 4.79 Å². The third kappa shape index (κ3) is 4.12. The number of nitrogens with zero attached hydrogens (tertiary/aromatic N) is 4. The molecular formula is C21H21N5O2S. The first-order valence-electron chi connectivity index (χ1n) is 9.39. The Morgan fingerprint density at radius 2 is 1.93 bits per heavy atom. The number of carbonyl (C=O) groups excluding carboxylic acids is 1. The molecule has 0 aliphatic carbocycles. The van der Waals surface area contributed by atoms with E-state index in [1.807, 2.05) is 31.2 Å². The van der Waals surface area contributed by atoms with Crippen LogP contribution in [0.3, 0.4) is 0 Å². The van der Waals surface area contributed by atoms with Gasteiger partial charge >= 0.3 is 0 Å². The molecule has 2 aromatic carbocycles. The number of para-hydroxylation sites is 2. The van der Waals surface area contributed by atoms with Crippen LogP contribution in [0.15, 0.2) is 48.5 Å². The predicted octanol–water partition coefficient (Wildman–Crippen LogP) is 3.73. The molecule has 0 bridgehead atoms. The van der Waals surface area contributed by atoms with Gasteiger partial charge in [0.05, 0.1) is 35.0 Å². The van der Waals surface area contributed by atoms with E-state index in [0.717, 1.165) is 34.8 Å². The van der Waals surface area contributed by atoms with Crippen LogP contribution >= 0.6 is 11.7 Å². The fraction of sp³-hybridized carbons (Fsp3) is 0.238. The maximum absolute atomic E-state index is 12.5. The molecule has 4 rings (SSSR count). The van der Waals surface area contributed by atoms with Gasteiger partial charge in [-0.15, -0.1) is 0 Å². The number of benzene rings is 2. The Labute approximate surface area is 172 Å². The monoisotopic (exact) mass is 407 g/mol. The highest BCUT2D eigenvalue weighted by atomic mass is 32.1. The summed E-state index contributed by atoms with van der Waals surface area (Å²) < 4.78 is 16.2. The van der Waals surface area contributed by atoms with Gasteiger partial charge in [0.2, 0.25) is 0 Å². The zero-order valence-corrected chi connectivity index (χ0v) is 17.1. The topological polar surface area (TPSA) is 81.9 Å². The number of hydrogen-bond acceptors (Lipinski definition) is 6.